The van der Waals surface area contributed by atoms with Gasteiger partial charge in [0.1, 0.15) is 24.4 Å². The second kappa shape index (κ2) is 64.5. The average Bonchev–Trinajstić information content (AvgIpc) is 1.15. The van der Waals surface area contributed by atoms with E-state index in [0.717, 1.165) is 51.4 Å². The Morgan fingerprint density at radius 3 is 1.02 bits per heavy atom. The van der Waals surface area contributed by atoms with Crippen LogP contribution in [0, 0.1) is 0 Å². The van der Waals surface area contributed by atoms with E-state index in [2.05, 4.69) is 35.5 Å². The van der Waals surface area contributed by atoms with Gasteiger partial charge in [-0.1, -0.05) is 373 Å². The van der Waals surface area contributed by atoms with Crippen LogP contribution in [0.5, 0.6) is 0 Å². The van der Waals surface area contributed by atoms with Crippen molar-refractivity contribution < 1.29 is 51.8 Å². The third-order valence-corrected chi connectivity index (χ3v) is 19.3. The van der Waals surface area contributed by atoms with Gasteiger partial charge in [0.2, 0.25) is 5.91 Å². The zero-order chi connectivity index (χ0) is 63.9. The molecule has 12 nitrogen and oxygen atoms in total. The van der Waals surface area contributed by atoms with Gasteiger partial charge in [-0.15, -0.1) is 0 Å². The van der Waals surface area contributed by atoms with Crippen LogP contribution in [0.15, 0.2) is 12.2 Å². The van der Waals surface area contributed by atoms with Crippen molar-refractivity contribution in [2.24, 2.45) is 0 Å². The molecule has 524 valence electrons. The van der Waals surface area contributed by atoms with Gasteiger partial charge in [0.05, 0.1) is 25.4 Å². The zero-order valence-electron chi connectivity index (χ0n) is 57.8. The summed E-state index contributed by atoms with van der Waals surface area (Å²) in [7, 11) is -5.09. The van der Waals surface area contributed by atoms with Gasteiger partial charge in [-0.2, -0.15) is 8.42 Å². The average molecular weight is 1270 g/mol. The lowest BCUT2D eigenvalue weighted by Gasteiger charge is -2.41. The fourth-order valence-corrected chi connectivity index (χ4v) is 13.4. The monoisotopic (exact) mass is 1270 g/mol. The van der Waals surface area contributed by atoms with Crippen molar-refractivity contribution in [3.8, 4) is 0 Å². The molecule has 1 fully saturated rings. The van der Waals surface area contributed by atoms with Gasteiger partial charge in [0.25, 0.3) is 0 Å². The molecule has 0 spiro atoms. The van der Waals surface area contributed by atoms with E-state index in [1.807, 2.05) is 0 Å². The topological polar surface area (TPSA) is 192 Å². The number of hydrogen-bond acceptors (Lipinski definition) is 10. The number of carbonyl (C=O) groups excluding carboxylic acids is 1. The smallest absolute Gasteiger partial charge is 0.394 e. The summed E-state index contributed by atoms with van der Waals surface area (Å²) in [6.07, 6.45) is 74.2. The number of aliphatic hydroxyl groups excluding tert-OH is 4. The Morgan fingerprint density at radius 2 is 0.727 bits per heavy atom. The Bertz CT molecular complexity index is 1590. The SMILES string of the molecule is CCCCCCCCCCCCCCCCCC/C=C\CCCCCCCCCCCCCCCCCCCC(=O)NC(COC1OC(CO)C(O)C(OS(=O)(=O)O)C1O)C(O)CCCCCCCCCCCCCCCCCCCCCCCCCC. The van der Waals surface area contributed by atoms with Crippen LogP contribution in [0.1, 0.15) is 406 Å². The molecule has 0 aromatic rings. The summed E-state index contributed by atoms with van der Waals surface area (Å²) in [6, 6.07) is -0.857. The van der Waals surface area contributed by atoms with Crippen LogP contribution in [-0.2, 0) is 28.9 Å². The summed E-state index contributed by atoms with van der Waals surface area (Å²) in [6.45, 7) is 3.54. The summed E-state index contributed by atoms with van der Waals surface area (Å²) >= 11 is 0. The van der Waals surface area contributed by atoms with Crippen LogP contribution in [0.3, 0.4) is 0 Å². The maximum Gasteiger partial charge on any atom is 0.397 e. The summed E-state index contributed by atoms with van der Waals surface area (Å²) in [5.41, 5.74) is 0. The number of allylic oxidation sites excluding steroid dienone is 2. The van der Waals surface area contributed by atoms with Crippen molar-refractivity contribution in [1.29, 1.82) is 0 Å². The quantitative estimate of drug-likeness (QED) is 0.0193. The lowest BCUT2D eigenvalue weighted by molar-refractivity contribution is -0.298. The molecule has 1 amide bonds. The first-order valence-electron chi connectivity index (χ1n) is 38.6. The number of carbonyl (C=O) groups is 1. The number of aliphatic hydroxyl groups is 4. The van der Waals surface area contributed by atoms with Gasteiger partial charge in [-0.25, -0.2) is 4.18 Å². The van der Waals surface area contributed by atoms with Crippen LogP contribution in [0.2, 0.25) is 0 Å². The molecule has 1 saturated heterocycles. The number of ether oxygens (including phenoxy) is 2. The fraction of sp³-hybridized carbons (Fsp3) is 0.960. The maximum absolute atomic E-state index is 13.3. The van der Waals surface area contributed by atoms with Crippen molar-refractivity contribution in [2.75, 3.05) is 13.2 Å². The Hall–Kier alpha value is -1.16. The van der Waals surface area contributed by atoms with Crippen LogP contribution in [0.25, 0.3) is 0 Å². The van der Waals surface area contributed by atoms with Gasteiger partial charge in [-0.05, 0) is 38.5 Å². The summed E-state index contributed by atoms with van der Waals surface area (Å²) in [4.78, 5) is 13.3. The second-order valence-electron chi connectivity index (χ2n) is 27.3. The standard InChI is InChI=1S/C75H147NO11S/c1-3-5-7-9-11-13-15-17-19-21-23-25-27-29-30-31-32-33-34-35-36-37-38-39-40-41-43-45-47-49-51-53-55-57-59-61-63-65-71(79)76-68(67-85-75-73(81)74(87-88(82,83)84)72(80)70(66-77)86-75)69(78)64-62-60-58-56-54-52-50-48-46-44-42-28-26-24-22-20-18-16-14-12-10-8-6-4-2/h33-34,68-70,72-75,77-78,80-81H,3-32,35-67H2,1-2H3,(H,76,79)(H,82,83,84)/b34-33-. The van der Waals surface area contributed by atoms with Crippen LogP contribution < -0.4 is 5.32 Å². The van der Waals surface area contributed by atoms with E-state index in [-0.39, 0.29) is 12.5 Å². The van der Waals surface area contributed by atoms with E-state index in [4.69, 9.17) is 9.47 Å². The van der Waals surface area contributed by atoms with E-state index in [1.54, 1.807) is 0 Å². The van der Waals surface area contributed by atoms with Crippen LogP contribution in [0.4, 0.5) is 0 Å². The van der Waals surface area contributed by atoms with Crippen molar-refractivity contribution >= 4 is 16.3 Å². The maximum atomic E-state index is 13.3. The minimum absolute atomic E-state index is 0.220. The zero-order valence-corrected chi connectivity index (χ0v) is 58.7. The molecule has 7 unspecified atom stereocenters. The van der Waals surface area contributed by atoms with Gasteiger partial charge in [0.15, 0.2) is 6.29 Å². The third kappa shape index (κ3) is 55.3. The molecule has 1 rings (SSSR count). The molecule has 0 radical (unpaired) electrons. The molecule has 1 aliphatic rings. The molecule has 0 saturated carbocycles. The lowest BCUT2D eigenvalue weighted by atomic mass is 9.99. The third-order valence-electron chi connectivity index (χ3n) is 18.8. The van der Waals surface area contributed by atoms with Gasteiger partial charge in [-0.3, -0.25) is 9.35 Å². The lowest BCUT2D eigenvalue weighted by Crippen LogP contribution is -2.61. The highest BCUT2D eigenvalue weighted by Gasteiger charge is 2.48. The van der Waals surface area contributed by atoms with E-state index in [9.17, 15) is 38.2 Å². The highest BCUT2D eigenvalue weighted by atomic mass is 32.3. The van der Waals surface area contributed by atoms with E-state index >= 15 is 0 Å². The number of rotatable bonds is 70. The Morgan fingerprint density at radius 1 is 0.443 bits per heavy atom. The number of hydrogen-bond donors (Lipinski definition) is 6. The molecule has 13 heteroatoms. The Labute approximate surface area is 544 Å². The highest BCUT2D eigenvalue weighted by Crippen LogP contribution is 2.27. The van der Waals surface area contributed by atoms with E-state index < -0.39 is 59.9 Å². The summed E-state index contributed by atoms with van der Waals surface area (Å²) in [5.74, 6) is -0.220. The van der Waals surface area contributed by atoms with E-state index in [0.29, 0.717) is 12.8 Å². The molecule has 88 heavy (non-hydrogen) atoms. The first-order chi connectivity index (χ1) is 43.0. The molecular weight excluding hydrogens is 1120 g/mol. The molecule has 1 heterocycles. The molecule has 1 aliphatic heterocycles. The molecular formula is C75H147NO11S. The number of nitrogens with one attached hydrogen (secondary N) is 1. The van der Waals surface area contributed by atoms with Gasteiger partial charge >= 0.3 is 10.4 Å². The first kappa shape index (κ1) is 84.9. The number of unbranched alkanes of at least 4 members (excludes halogenated alkanes) is 56. The van der Waals surface area contributed by atoms with Crippen LogP contribution >= 0.6 is 0 Å². The predicted octanol–water partition coefficient (Wildman–Crippen LogP) is 20.9. The fourth-order valence-electron chi connectivity index (χ4n) is 12.9. The Balaban J connectivity index is 2.16. The molecule has 0 aromatic heterocycles. The van der Waals surface area contributed by atoms with Crippen molar-refractivity contribution in [2.45, 2.75) is 448 Å². The van der Waals surface area contributed by atoms with Crippen molar-refractivity contribution in [3.05, 3.63) is 12.2 Å². The molecule has 6 N–H and O–H groups in total. The molecule has 7 atom stereocenters. The molecule has 0 aromatic carbocycles. The minimum Gasteiger partial charge on any atom is -0.394 e. The summed E-state index contributed by atoms with van der Waals surface area (Å²) < 4.78 is 48.2. The molecule has 0 bridgehead atoms. The van der Waals surface area contributed by atoms with Crippen molar-refractivity contribution in [3.63, 3.8) is 0 Å². The molecule has 0 aliphatic carbocycles. The van der Waals surface area contributed by atoms with Crippen molar-refractivity contribution in [1.82, 2.24) is 5.32 Å². The second-order valence-corrected chi connectivity index (χ2v) is 28.4. The predicted molar refractivity (Wildman–Crippen MR) is 370 cm³/mol. The van der Waals surface area contributed by atoms with Gasteiger partial charge < -0.3 is 35.2 Å². The van der Waals surface area contributed by atoms with Crippen LogP contribution in [-0.4, -0.2) is 95.4 Å². The van der Waals surface area contributed by atoms with E-state index in [1.165, 1.54) is 327 Å². The Kier molecular flexibility index (Phi) is 62.2. The highest BCUT2D eigenvalue weighted by molar-refractivity contribution is 7.80. The first-order valence-corrected chi connectivity index (χ1v) is 39.9. The number of amides is 1. The van der Waals surface area contributed by atoms with Gasteiger partial charge in [0, 0.05) is 6.42 Å². The largest absolute Gasteiger partial charge is 0.397 e. The minimum atomic E-state index is -5.09. The normalized spacial score (nSPS) is 18.0. The summed E-state index contributed by atoms with van der Waals surface area (Å²) in [5, 5.41) is 45.4.